The van der Waals surface area contributed by atoms with E-state index in [1.54, 1.807) is 23.1 Å². The van der Waals surface area contributed by atoms with Crippen LogP contribution in [-0.2, 0) is 0 Å². The molecular weight excluding hydrogens is 305 g/mol. The molecule has 0 aromatic heterocycles. The number of anilines is 1. The number of nitrogens with zero attached hydrogens (tertiary/aromatic N) is 2. The van der Waals surface area contributed by atoms with Crippen molar-refractivity contribution < 1.29 is 9.18 Å². The number of nitrogens with one attached hydrogen (secondary N) is 1. The van der Waals surface area contributed by atoms with Crippen molar-refractivity contribution in [3.63, 3.8) is 0 Å². The highest BCUT2D eigenvalue weighted by molar-refractivity contribution is 5.89. The first-order valence-electron chi connectivity index (χ1n) is 9.14. The standard InChI is InChI=1S/C19H28FN3O/c1-15-6-10-22(11-7-15)14-16-8-12-23(13-9-16)19(24)21-18-5-3-2-4-17(18)20/h2-5,15-16H,6-14H2,1H3,(H,21,24). The third-order valence-electron chi connectivity index (χ3n) is 5.41. The van der Waals surface area contributed by atoms with E-state index in [1.165, 1.54) is 32.0 Å². The Morgan fingerprint density at radius 2 is 1.79 bits per heavy atom. The Balaban J connectivity index is 1.43. The van der Waals surface area contributed by atoms with Crippen LogP contribution in [0.2, 0.25) is 0 Å². The number of hydrogen-bond acceptors (Lipinski definition) is 2. The molecule has 0 radical (unpaired) electrons. The van der Waals surface area contributed by atoms with Crippen molar-refractivity contribution in [3.05, 3.63) is 30.1 Å². The van der Waals surface area contributed by atoms with Crippen LogP contribution in [-0.4, -0.2) is 48.6 Å². The summed E-state index contributed by atoms with van der Waals surface area (Å²) in [6, 6.07) is 6.12. The van der Waals surface area contributed by atoms with Crippen LogP contribution in [0, 0.1) is 17.7 Å². The normalized spacial score (nSPS) is 21.0. The number of para-hydroxylation sites is 1. The van der Waals surface area contributed by atoms with Crippen molar-refractivity contribution in [2.24, 2.45) is 11.8 Å². The smallest absolute Gasteiger partial charge is 0.321 e. The van der Waals surface area contributed by atoms with Crippen LogP contribution < -0.4 is 5.32 Å². The van der Waals surface area contributed by atoms with Gasteiger partial charge in [0.15, 0.2) is 0 Å². The van der Waals surface area contributed by atoms with Crippen molar-refractivity contribution in [2.45, 2.75) is 32.6 Å². The molecule has 1 aromatic carbocycles. The molecule has 0 aliphatic carbocycles. The van der Waals surface area contributed by atoms with E-state index in [4.69, 9.17) is 0 Å². The number of halogens is 1. The van der Waals surface area contributed by atoms with Crippen LogP contribution in [0.5, 0.6) is 0 Å². The lowest BCUT2D eigenvalue weighted by Crippen LogP contribution is -2.44. The molecule has 2 heterocycles. The van der Waals surface area contributed by atoms with Crippen LogP contribution in [0.15, 0.2) is 24.3 Å². The summed E-state index contributed by atoms with van der Waals surface area (Å²) in [7, 11) is 0. The van der Waals surface area contributed by atoms with Gasteiger partial charge in [0.05, 0.1) is 5.69 Å². The fourth-order valence-electron chi connectivity index (χ4n) is 3.69. The minimum absolute atomic E-state index is 0.189. The van der Waals surface area contributed by atoms with Gasteiger partial charge in [0.1, 0.15) is 5.82 Å². The third kappa shape index (κ3) is 4.47. The molecule has 0 unspecified atom stereocenters. The lowest BCUT2D eigenvalue weighted by molar-refractivity contribution is 0.130. The minimum Gasteiger partial charge on any atom is -0.325 e. The monoisotopic (exact) mass is 333 g/mol. The van der Waals surface area contributed by atoms with Gasteiger partial charge in [-0.1, -0.05) is 19.1 Å². The first kappa shape index (κ1) is 17.2. The Bertz CT molecular complexity index is 549. The zero-order chi connectivity index (χ0) is 16.9. The van der Waals surface area contributed by atoms with Crippen molar-refractivity contribution in [1.29, 1.82) is 0 Å². The molecule has 0 saturated carbocycles. The second-order valence-electron chi connectivity index (χ2n) is 7.32. The summed E-state index contributed by atoms with van der Waals surface area (Å²) in [6.07, 6.45) is 4.70. The summed E-state index contributed by atoms with van der Waals surface area (Å²) in [6.45, 7) is 7.45. The second kappa shape index (κ2) is 7.97. The highest BCUT2D eigenvalue weighted by atomic mass is 19.1. The fraction of sp³-hybridized carbons (Fsp3) is 0.632. The minimum atomic E-state index is -0.389. The van der Waals surface area contributed by atoms with E-state index in [0.29, 0.717) is 5.92 Å². The van der Waals surface area contributed by atoms with Crippen LogP contribution in [0.4, 0.5) is 14.9 Å². The van der Waals surface area contributed by atoms with Gasteiger partial charge in [-0.15, -0.1) is 0 Å². The number of urea groups is 1. The van der Waals surface area contributed by atoms with Gasteiger partial charge in [0.2, 0.25) is 0 Å². The average Bonchev–Trinajstić information content (AvgIpc) is 2.59. The Labute approximate surface area is 144 Å². The molecule has 2 aliphatic heterocycles. The van der Waals surface area contributed by atoms with Crippen LogP contribution in [0.1, 0.15) is 32.6 Å². The number of benzene rings is 1. The molecule has 2 aliphatic rings. The predicted octanol–water partition coefficient (Wildman–Crippen LogP) is 3.80. The molecule has 5 heteroatoms. The summed E-state index contributed by atoms with van der Waals surface area (Å²) < 4.78 is 13.6. The Hall–Kier alpha value is -1.62. The maximum absolute atomic E-state index is 13.6. The molecule has 4 nitrogen and oxygen atoms in total. The third-order valence-corrected chi connectivity index (χ3v) is 5.41. The van der Waals surface area contributed by atoms with Gasteiger partial charge in [-0.25, -0.2) is 9.18 Å². The number of hydrogen-bond donors (Lipinski definition) is 1. The first-order valence-corrected chi connectivity index (χ1v) is 9.14. The van der Waals surface area contributed by atoms with Crippen LogP contribution in [0.25, 0.3) is 0 Å². The lowest BCUT2D eigenvalue weighted by atomic mass is 9.93. The van der Waals surface area contributed by atoms with Gasteiger partial charge in [0.25, 0.3) is 0 Å². The quantitative estimate of drug-likeness (QED) is 0.913. The Morgan fingerprint density at radius 1 is 1.12 bits per heavy atom. The van der Waals surface area contributed by atoms with E-state index in [0.717, 1.165) is 38.4 Å². The van der Waals surface area contributed by atoms with Gasteiger partial charge in [-0.2, -0.15) is 0 Å². The molecular formula is C19H28FN3O. The Morgan fingerprint density at radius 3 is 2.46 bits per heavy atom. The van der Waals surface area contributed by atoms with E-state index in [9.17, 15) is 9.18 Å². The summed E-state index contributed by atoms with van der Waals surface area (Å²) in [5.74, 6) is 1.15. The number of piperidine rings is 2. The van der Waals surface area contributed by atoms with Crippen molar-refractivity contribution in [1.82, 2.24) is 9.80 Å². The number of carbonyl (C=O) groups is 1. The van der Waals surface area contributed by atoms with Crippen molar-refractivity contribution in [3.8, 4) is 0 Å². The summed E-state index contributed by atoms with van der Waals surface area (Å²) in [5.41, 5.74) is 0.257. The maximum Gasteiger partial charge on any atom is 0.321 e. The molecule has 2 amide bonds. The number of carbonyl (C=O) groups excluding carboxylic acids is 1. The fourth-order valence-corrected chi connectivity index (χ4v) is 3.69. The molecule has 0 spiro atoms. The van der Waals surface area contributed by atoms with E-state index < -0.39 is 0 Å². The average molecular weight is 333 g/mol. The van der Waals surface area contributed by atoms with Crippen LogP contribution >= 0.6 is 0 Å². The second-order valence-corrected chi connectivity index (χ2v) is 7.32. The highest BCUT2D eigenvalue weighted by Gasteiger charge is 2.26. The van der Waals surface area contributed by atoms with E-state index in [-0.39, 0.29) is 17.5 Å². The summed E-state index contributed by atoms with van der Waals surface area (Å²) >= 11 is 0. The summed E-state index contributed by atoms with van der Waals surface area (Å²) in [5, 5.41) is 2.68. The summed E-state index contributed by atoms with van der Waals surface area (Å²) in [4.78, 5) is 16.7. The molecule has 132 valence electrons. The van der Waals surface area contributed by atoms with Crippen molar-refractivity contribution >= 4 is 11.7 Å². The Kier molecular flexibility index (Phi) is 5.72. The van der Waals surface area contributed by atoms with E-state index in [2.05, 4.69) is 17.1 Å². The largest absolute Gasteiger partial charge is 0.325 e. The van der Waals surface area contributed by atoms with Gasteiger partial charge in [-0.3, -0.25) is 0 Å². The zero-order valence-electron chi connectivity index (χ0n) is 14.5. The molecule has 2 fully saturated rings. The number of likely N-dealkylation sites (tertiary alicyclic amines) is 2. The van der Waals surface area contributed by atoms with Gasteiger partial charge in [0, 0.05) is 19.6 Å². The molecule has 24 heavy (non-hydrogen) atoms. The van der Waals surface area contributed by atoms with Gasteiger partial charge in [-0.05, 0) is 62.7 Å². The molecule has 1 N–H and O–H groups in total. The first-order chi connectivity index (χ1) is 11.6. The van der Waals surface area contributed by atoms with Crippen LogP contribution in [0.3, 0.4) is 0 Å². The molecule has 2 saturated heterocycles. The molecule has 0 bridgehead atoms. The van der Waals surface area contributed by atoms with Gasteiger partial charge >= 0.3 is 6.03 Å². The lowest BCUT2D eigenvalue weighted by Gasteiger charge is -2.37. The maximum atomic E-state index is 13.6. The predicted molar refractivity (Wildman–Crippen MR) is 94.6 cm³/mol. The molecule has 0 atom stereocenters. The topological polar surface area (TPSA) is 35.6 Å². The highest BCUT2D eigenvalue weighted by Crippen LogP contribution is 2.23. The number of amides is 2. The van der Waals surface area contributed by atoms with Crippen molar-refractivity contribution in [2.75, 3.05) is 38.0 Å². The van der Waals surface area contributed by atoms with Gasteiger partial charge < -0.3 is 15.1 Å². The van der Waals surface area contributed by atoms with E-state index >= 15 is 0 Å². The zero-order valence-corrected chi connectivity index (χ0v) is 14.5. The SMILES string of the molecule is CC1CCN(CC2CCN(C(=O)Nc3ccccc3F)CC2)CC1. The van der Waals surface area contributed by atoms with E-state index in [1.807, 2.05) is 0 Å². The number of rotatable bonds is 3. The molecule has 1 aromatic rings. The molecule has 3 rings (SSSR count).